The average Bonchev–Trinajstić information content (AvgIpc) is 2.37. The fourth-order valence-corrected chi connectivity index (χ4v) is 2.55. The van der Waals surface area contributed by atoms with E-state index in [9.17, 15) is 4.39 Å². The molecule has 0 atom stereocenters. The van der Waals surface area contributed by atoms with Gasteiger partial charge in [-0.3, -0.25) is 0 Å². The molecule has 0 saturated carbocycles. The minimum atomic E-state index is -0.229. The smallest absolute Gasteiger partial charge is 0.124 e. The Morgan fingerprint density at radius 3 is 2.28 bits per heavy atom. The molecule has 18 heavy (non-hydrogen) atoms. The first kappa shape index (κ1) is 11.4. The van der Waals surface area contributed by atoms with Crippen molar-refractivity contribution in [1.82, 2.24) is 0 Å². The van der Waals surface area contributed by atoms with Gasteiger partial charge in [0, 0.05) is 4.47 Å². The van der Waals surface area contributed by atoms with Crippen molar-refractivity contribution in [2.24, 2.45) is 0 Å². The second-order valence-corrected chi connectivity index (χ2v) is 5.14. The molecule has 0 bridgehead atoms. The summed E-state index contributed by atoms with van der Waals surface area (Å²) in [4.78, 5) is 0. The van der Waals surface area contributed by atoms with Crippen LogP contribution in [0.3, 0.4) is 0 Å². The van der Waals surface area contributed by atoms with Crippen LogP contribution in [0.2, 0.25) is 0 Å². The van der Waals surface area contributed by atoms with Crippen LogP contribution in [0.1, 0.15) is 0 Å². The topological polar surface area (TPSA) is 0 Å². The third-order valence-electron chi connectivity index (χ3n) is 2.95. The predicted octanol–water partition coefficient (Wildman–Crippen LogP) is 5.41. The van der Waals surface area contributed by atoms with Gasteiger partial charge >= 0.3 is 0 Å². The highest BCUT2D eigenvalue weighted by Gasteiger charge is 2.03. The van der Waals surface area contributed by atoms with Crippen LogP contribution in [0.5, 0.6) is 0 Å². The Kier molecular flexibility index (Phi) is 2.88. The third-order valence-corrected chi connectivity index (χ3v) is 3.40. The Morgan fingerprint density at radius 2 is 1.50 bits per heavy atom. The second kappa shape index (κ2) is 4.54. The van der Waals surface area contributed by atoms with E-state index < -0.39 is 0 Å². The van der Waals surface area contributed by atoms with Gasteiger partial charge in [0.2, 0.25) is 0 Å². The van der Waals surface area contributed by atoms with E-state index in [0.717, 1.165) is 21.0 Å². The van der Waals surface area contributed by atoms with E-state index in [-0.39, 0.29) is 5.82 Å². The summed E-state index contributed by atoms with van der Waals surface area (Å²) in [5.41, 5.74) is 1.90. The van der Waals surface area contributed by atoms with Crippen molar-refractivity contribution >= 4 is 26.7 Å². The molecule has 0 aliphatic rings. The molecule has 2 heteroatoms. The van der Waals surface area contributed by atoms with Gasteiger partial charge in [0.1, 0.15) is 5.82 Å². The quantitative estimate of drug-likeness (QED) is 0.564. The van der Waals surface area contributed by atoms with Crippen LogP contribution in [0, 0.1) is 5.82 Å². The molecule has 0 heterocycles. The van der Waals surface area contributed by atoms with Crippen LogP contribution in [-0.4, -0.2) is 0 Å². The van der Waals surface area contributed by atoms with Gasteiger partial charge in [0.25, 0.3) is 0 Å². The molecule has 3 aromatic rings. The number of hydrogen-bond donors (Lipinski definition) is 0. The molecule has 0 aromatic heterocycles. The van der Waals surface area contributed by atoms with Gasteiger partial charge in [-0.05, 0) is 46.2 Å². The minimum absolute atomic E-state index is 0.229. The van der Waals surface area contributed by atoms with Crippen LogP contribution in [0.15, 0.2) is 65.1 Å². The average molecular weight is 301 g/mol. The van der Waals surface area contributed by atoms with E-state index in [4.69, 9.17) is 0 Å². The first-order valence-corrected chi connectivity index (χ1v) is 6.47. The molecule has 0 aliphatic carbocycles. The first-order chi connectivity index (χ1) is 8.72. The maximum Gasteiger partial charge on any atom is 0.124 e. The molecule has 0 amide bonds. The van der Waals surface area contributed by atoms with Crippen molar-refractivity contribution in [2.45, 2.75) is 0 Å². The number of rotatable bonds is 1. The number of fused-ring (bicyclic) bond motifs is 1. The second-order valence-electron chi connectivity index (χ2n) is 4.22. The Morgan fingerprint density at radius 1 is 0.722 bits per heavy atom. The summed E-state index contributed by atoms with van der Waals surface area (Å²) >= 11 is 3.32. The summed E-state index contributed by atoms with van der Waals surface area (Å²) in [7, 11) is 0. The molecule has 0 aliphatic heterocycles. The highest BCUT2D eigenvalue weighted by atomic mass is 79.9. The molecule has 0 nitrogen and oxygen atoms in total. The van der Waals surface area contributed by atoms with E-state index in [1.807, 2.05) is 24.3 Å². The van der Waals surface area contributed by atoms with Crippen molar-refractivity contribution in [3.05, 3.63) is 71.0 Å². The maximum atomic E-state index is 13.4. The van der Waals surface area contributed by atoms with Gasteiger partial charge in [-0.15, -0.1) is 0 Å². The van der Waals surface area contributed by atoms with Crippen LogP contribution in [0.25, 0.3) is 21.9 Å². The van der Waals surface area contributed by atoms with Gasteiger partial charge in [-0.25, -0.2) is 4.39 Å². The molecule has 0 N–H and O–H groups in total. The van der Waals surface area contributed by atoms with E-state index in [1.165, 1.54) is 11.5 Å². The number of halogens is 2. The van der Waals surface area contributed by atoms with E-state index in [0.29, 0.717) is 0 Å². The minimum Gasteiger partial charge on any atom is -0.207 e. The molecular weight excluding hydrogens is 291 g/mol. The Labute approximate surface area is 113 Å². The molecule has 0 unspecified atom stereocenters. The van der Waals surface area contributed by atoms with Gasteiger partial charge in [0.05, 0.1) is 0 Å². The lowest BCUT2D eigenvalue weighted by Gasteiger charge is -2.05. The number of benzene rings is 3. The predicted molar refractivity (Wildman–Crippen MR) is 77.0 cm³/mol. The first-order valence-electron chi connectivity index (χ1n) is 5.68. The van der Waals surface area contributed by atoms with E-state index in [2.05, 4.69) is 40.2 Å². The lowest BCUT2D eigenvalue weighted by molar-refractivity contribution is 0.627. The molecule has 0 spiro atoms. The standard InChI is InChI=1S/C16H10BrF/c17-15-8-14(9-16(18)10-15)13-6-5-11-3-1-2-4-12(11)7-13/h1-10H. The Bertz CT molecular complexity index is 699. The summed E-state index contributed by atoms with van der Waals surface area (Å²) in [5, 5.41) is 2.35. The third kappa shape index (κ3) is 2.16. The molecule has 88 valence electrons. The van der Waals surface area contributed by atoms with Gasteiger partial charge < -0.3 is 0 Å². The number of hydrogen-bond acceptors (Lipinski definition) is 0. The van der Waals surface area contributed by atoms with Crippen molar-refractivity contribution in [3.63, 3.8) is 0 Å². The van der Waals surface area contributed by atoms with E-state index in [1.54, 1.807) is 6.07 Å². The Balaban J connectivity index is 2.19. The fourth-order valence-electron chi connectivity index (χ4n) is 2.09. The van der Waals surface area contributed by atoms with Crippen molar-refractivity contribution in [3.8, 4) is 11.1 Å². The summed E-state index contributed by atoms with van der Waals surface area (Å²) in [6, 6.07) is 19.2. The van der Waals surface area contributed by atoms with E-state index >= 15 is 0 Å². The lowest BCUT2D eigenvalue weighted by Crippen LogP contribution is -1.82. The summed E-state index contributed by atoms with van der Waals surface area (Å²) in [5.74, 6) is -0.229. The monoisotopic (exact) mass is 300 g/mol. The van der Waals surface area contributed by atoms with Crippen molar-refractivity contribution in [1.29, 1.82) is 0 Å². The van der Waals surface area contributed by atoms with Gasteiger partial charge in [0.15, 0.2) is 0 Å². The Hall–Kier alpha value is -1.67. The van der Waals surface area contributed by atoms with Crippen molar-refractivity contribution in [2.75, 3.05) is 0 Å². The highest BCUT2D eigenvalue weighted by Crippen LogP contribution is 2.27. The van der Waals surface area contributed by atoms with Gasteiger partial charge in [-0.1, -0.05) is 52.3 Å². The van der Waals surface area contributed by atoms with Crippen LogP contribution in [-0.2, 0) is 0 Å². The summed E-state index contributed by atoms with van der Waals surface area (Å²) in [6.07, 6.45) is 0. The molecule has 0 fully saturated rings. The van der Waals surface area contributed by atoms with Crippen LogP contribution >= 0.6 is 15.9 Å². The SMILES string of the molecule is Fc1cc(Br)cc(-c2ccc3ccccc3c2)c1. The maximum absolute atomic E-state index is 13.4. The molecule has 0 radical (unpaired) electrons. The summed E-state index contributed by atoms with van der Waals surface area (Å²) < 4.78 is 14.2. The molecule has 3 aromatic carbocycles. The summed E-state index contributed by atoms with van der Waals surface area (Å²) in [6.45, 7) is 0. The lowest BCUT2D eigenvalue weighted by atomic mass is 10.0. The van der Waals surface area contributed by atoms with Gasteiger partial charge in [-0.2, -0.15) is 0 Å². The molecular formula is C16H10BrF. The largest absolute Gasteiger partial charge is 0.207 e. The van der Waals surface area contributed by atoms with Crippen LogP contribution in [0.4, 0.5) is 4.39 Å². The van der Waals surface area contributed by atoms with Crippen LogP contribution < -0.4 is 0 Å². The fraction of sp³-hybridized carbons (Fsp3) is 0. The van der Waals surface area contributed by atoms with Crippen molar-refractivity contribution < 1.29 is 4.39 Å². The zero-order valence-corrected chi connectivity index (χ0v) is 11.1. The molecule has 3 rings (SSSR count). The highest BCUT2D eigenvalue weighted by molar-refractivity contribution is 9.10. The molecule has 0 saturated heterocycles. The zero-order chi connectivity index (χ0) is 12.5. The normalized spacial score (nSPS) is 10.8. The zero-order valence-electron chi connectivity index (χ0n) is 9.53.